The van der Waals surface area contributed by atoms with Gasteiger partial charge < -0.3 is 9.92 Å². The first-order valence-electron chi connectivity index (χ1n) is 8.92. The summed E-state index contributed by atoms with van der Waals surface area (Å²) < 4.78 is 94.6. The summed E-state index contributed by atoms with van der Waals surface area (Å²) in [5.74, 6) is -1.14. The Balaban J connectivity index is 0.00000122. The summed E-state index contributed by atoms with van der Waals surface area (Å²) in [7, 11) is -4.24. The number of primary amides is 1. The quantitative estimate of drug-likeness (QED) is 0.272. The number of benzene rings is 2. The maximum Gasteiger partial charge on any atom is 0.534 e. The minimum Gasteiger partial charge on any atom is -0.376 e. The van der Waals surface area contributed by atoms with E-state index in [2.05, 4.69) is 14.6 Å². The molecule has 0 aromatic heterocycles. The van der Waals surface area contributed by atoms with Crippen molar-refractivity contribution in [1.82, 2.24) is 9.03 Å². The molecule has 2 aromatic carbocycles. The Morgan fingerprint density at radius 3 is 2.45 bits per heavy atom. The summed E-state index contributed by atoms with van der Waals surface area (Å²) in [6.45, 7) is 0. The molecule has 15 heteroatoms. The van der Waals surface area contributed by atoms with Gasteiger partial charge in [0.1, 0.15) is 11.6 Å². The topological polar surface area (TPSA) is 119 Å². The summed E-state index contributed by atoms with van der Waals surface area (Å²) in [4.78, 5) is 8.58. The molecular formula is C18H18ClF4N3O5S2. The van der Waals surface area contributed by atoms with Crippen LogP contribution in [0.1, 0.15) is 29.6 Å². The Morgan fingerprint density at radius 1 is 1.24 bits per heavy atom. The van der Waals surface area contributed by atoms with Crippen molar-refractivity contribution in [3.63, 3.8) is 0 Å². The van der Waals surface area contributed by atoms with Crippen LogP contribution in [-0.4, -0.2) is 35.9 Å². The Kier molecular flexibility index (Phi) is 8.81. The third-order valence-electron chi connectivity index (χ3n) is 4.48. The van der Waals surface area contributed by atoms with E-state index < -0.39 is 50.4 Å². The second kappa shape index (κ2) is 10.8. The lowest BCUT2D eigenvalue weighted by molar-refractivity contribution is -0.106. The zero-order valence-electron chi connectivity index (χ0n) is 16.8. The Labute approximate surface area is 194 Å². The van der Waals surface area contributed by atoms with E-state index >= 15 is 0 Å². The van der Waals surface area contributed by atoms with E-state index in [0.717, 1.165) is 12.1 Å². The number of amides is 1. The fourth-order valence-corrected chi connectivity index (χ4v) is 4.69. The zero-order valence-corrected chi connectivity index (χ0v) is 19.1. The minimum absolute atomic E-state index is 0.102. The molecule has 1 aliphatic rings. The molecule has 1 fully saturated rings. The maximum absolute atomic E-state index is 13.5. The number of alkyl halides is 3. The van der Waals surface area contributed by atoms with Crippen LogP contribution >= 0.6 is 11.6 Å². The molecule has 3 N–H and O–H groups in total. The van der Waals surface area contributed by atoms with Crippen molar-refractivity contribution in [3.05, 3.63) is 64.4 Å². The monoisotopic (exact) mass is 531 g/mol. The number of rotatable bonds is 4. The average Bonchev–Trinajstić information content (AvgIpc) is 2.72. The van der Waals surface area contributed by atoms with Crippen molar-refractivity contribution in [1.29, 1.82) is 0 Å². The van der Waals surface area contributed by atoms with E-state index in [1.165, 1.54) is 34.6 Å². The van der Waals surface area contributed by atoms with Crippen molar-refractivity contribution < 1.29 is 39.2 Å². The van der Waals surface area contributed by atoms with Crippen LogP contribution < -0.4 is 14.6 Å². The fourth-order valence-electron chi connectivity index (χ4n) is 2.97. The molecule has 33 heavy (non-hydrogen) atoms. The van der Waals surface area contributed by atoms with Crippen LogP contribution in [-0.2, 0) is 26.1 Å². The van der Waals surface area contributed by atoms with Gasteiger partial charge in [0.15, 0.2) is 11.2 Å². The number of nitrogens with two attached hydrogens (primary N) is 1. The summed E-state index contributed by atoms with van der Waals surface area (Å²) in [6, 6.07) is 8.05. The predicted molar refractivity (Wildman–Crippen MR) is 113 cm³/mol. The molecule has 0 aliphatic carbocycles. The molecule has 3 rings (SSSR count). The van der Waals surface area contributed by atoms with Gasteiger partial charge >= 0.3 is 15.6 Å². The smallest absolute Gasteiger partial charge is 0.376 e. The van der Waals surface area contributed by atoms with Gasteiger partial charge in [0.2, 0.25) is 6.41 Å². The fraction of sp³-hybridized carbons (Fsp3) is 0.278. The van der Waals surface area contributed by atoms with Gasteiger partial charge in [-0.1, -0.05) is 29.8 Å². The lowest BCUT2D eigenvalue weighted by atomic mass is 9.95. The van der Waals surface area contributed by atoms with Crippen molar-refractivity contribution in [2.45, 2.75) is 24.0 Å². The van der Waals surface area contributed by atoms with Crippen LogP contribution in [0, 0.1) is 5.82 Å². The Morgan fingerprint density at radius 2 is 1.88 bits per heavy atom. The molecule has 182 valence electrons. The SMILES string of the molecule is CN1C(c2ccc(F)c(Cl)c2)CC(c2cccc(OS(=O)(=O)C(F)(F)F)c2)NS1=O.NC=O. The molecule has 3 atom stereocenters. The predicted octanol–water partition coefficient (Wildman–Crippen LogP) is 3.10. The molecule has 1 amide bonds. The maximum atomic E-state index is 13.5. The van der Waals surface area contributed by atoms with E-state index in [1.54, 1.807) is 7.05 Å². The highest BCUT2D eigenvalue weighted by molar-refractivity contribution is 7.88. The first kappa shape index (κ1) is 27.0. The molecule has 8 nitrogen and oxygen atoms in total. The lowest BCUT2D eigenvalue weighted by Crippen LogP contribution is -2.43. The van der Waals surface area contributed by atoms with E-state index in [1.807, 2.05) is 0 Å². The largest absolute Gasteiger partial charge is 0.534 e. The number of hydrogen-bond donors (Lipinski definition) is 2. The molecule has 1 aliphatic heterocycles. The van der Waals surface area contributed by atoms with Gasteiger partial charge in [0.25, 0.3) is 0 Å². The summed E-state index contributed by atoms with van der Waals surface area (Å²) >= 11 is 4.15. The van der Waals surface area contributed by atoms with Gasteiger partial charge in [-0.15, -0.1) is 0 Å². The van der Waals surface area contributed by atoms with Gasteiger partial charge in [-0.2, -0.15) is 21.6 Å². The number of halogens is 5. The van der Waals surface area contributed by atoms with Crippen LogP contribution in [0.4, 0.5) is 17.6 Å². The van der Waals surface area contributed by atoms with Crippen LogP contribution in [0.25, 0.3) is 0 Å². The normalized spacial score (nSPS) is 21.6. The van der Waals surface area contributed by atoms with Gasteiger partial charge in [-0.05, 0) is 41.8 Å². The van der Waals surface area contributed by atoms with Crippen molar-refractivity contribution in [3.8, 4) is 5.75 Å². The van der Waals surface area contributed by atoms with Gasteiger partial charge in [0.05, 0.1) is 11.1 Å². The molecule has 3 unspecified atom stereocenters. The number of carbonyl (C=O) groups is 1. The van der Waals surface area contributed by atoms with Crippen LogP contribution in [0.15, 0.2) is 42.5 Å². The van der Waals surface area contributed by atoms with Gasteiger partial charge in [-0.3, -0.25) is 4.79 Å². The van der Waals surface area contributed by atoms with Crippen molar-refractivity contribution >= 4 is 39.3 Å². The number of nitrogens with one attached hydrogen (secondary N) is 1. The van der Waals surface area contributed by atoms with Crippen LogP contribution in [0.5, 0.6) is 5.75 Å². The summed E-state index contributed by atoms with van der Waals surface area (Å²) in [5, 5.41) is -0.102. The molecule has 0 bridgehead atoms. The second-order valence-electron chi connectivity index (χ2n) is 6.58. The minimum atomic E-state index is -5.82. The number of carbonyl (C=O) groups excluding carboxylic acids is 1. The number of hydrogen-bond acceptors (Lipinski definition) is 5. The van der Waals surface area contributed by atoms with Gasteiger partial charge in [0, 0.05) is 13.1 Å². The molecule has 1 heterocycles. The third-order valence-corrected chi connectivity index (χ3v) is 7.01. The first-order chi connectivity index (χ1) is 15.3. The lowest BCUT2D eigenvalue weighted by Gasteiger charge is -2.37. The van der Waals surface area contributed by atoms with E-state index in [4.69, 9.17) is 16.4 Å². The highest BCUT2D eigenvalue weighted by Crippen LogP contribution is 2.37. The van der Waals surface area contributed by atoms with Crippen LogP contribution in [0.3, 0.4) is 0 Å². The first-order valence-corrected chi connectivity index (χ1v) is 11.8. The summed E-state index contributed by atoms with van der Waals surface area (Å²) in [6.07, 6.45) is 0.541. The molecule has 0 spiro atoms. The van der Waals surface area contributed by atoms with Crippen molar-refractivity contribution in [2.75, 3.05) is 7.05 Å². The molecule has 0 radical (unpaired) electrons. The average molecular weight is 532 g/mol. The molecule has 1 saturated heterocycles. The zero-order chi connectivity index (χ0) is 25.0. The number of nitrogens with zero attached hydrogens (tertiary/aromatic N) is 1. The standard InChI is InChI=1S/C17H15ClF4N2O4S2.CH3NO/c1-24-16(11-5-6-14(19)13(18)8-11)9-15(23-29(24)25)10-3-2-4-12(7-10)28-30(26,27)17(20,21)22;2-1-3/h2-8,15-16,23H,9H2,1H3;1H,(H2,2,3). The van der Waals surface area contributed by atoms with Gasteiger partial charge in [-0.25, -0.2) is 17.6 Å². The van der Waals surface area contributed by atoms with E-state index in [0.29, 0.717) is 17.5 Å². The highest BCUT2D eigenvalue weighted by Gasteiger charge is 2.48. The summed E-state index contributed by atoms with van der Waals surface area (Å²) in [5.41, 5.74) is -0.441. The third kappa shape index (κ3) is 6.63. The van der Waals surface area contributed by atoms with Crippen molar-refractivity contribution in [2.24, 2.45) is 5.73 Å². The second-order valence-corrected chi connectivity index (χ2v) is 9.84. The Hall–Kier alpha value is -2.26. The van der Waals surface area contributed by atoms with E-state index in [-0.39, 0.29) is 11.4 Å². The molecule has 2 aromatic rings. The highest BCUT2D eigenvalue weighted by atomic mass is 35.5. The van der Waals surface area contributed by atoms with Crippen LogP contribution in [0.2, 0.25) is 5.02 Å². The molecular weight excluding hydrogens is 514 g/mol. The Bertz CT molecular complexity index is 1130. The van der Waals surface area contributed by atoms with E-state index in [9.17, 15) is 30.2 Å². The molecule has 0 saturated carbocycles.